The highest BCUT2D eigenvalue weighted by atomic mass is 19.2. The normalized spacial score (nSPS) is 10.1. The summed E-state index contributed by atoms with van der Waals surface area (Å²) in [7, 11) is 0. The van der Waals surface area contributed by atoms with Crippen molar-refractivity contribution in [3.8, 4) is 0 Å². The van der Waals surface area contributed by atoms with Gasteiger partial charge >= 0.3 is 5.97 Å². The van der Waals surface area contributed by atoms with Crippen molar-refractivity contribution < 1.29 is 23.5 Å². The Kier molecular flexibility index (Phi) is 3.74. The summed E-state index contributed by atoms with van der Waals surface area (Å²) in [5.74, 6) is -4.61. The second-order valence-corrected chi connectivity index (χ2v) is 3.94. The maximum Gasteiger partial charge on any atom is 0.337 e. The van der Waals surface area contributed by atoms with Crippen LogP contribution in [0.2, 0.25) is 0 Å². The molecule has 4 nitrogen and oxygen atoms in total. The van der Waals surface area contributed by atoms with Crippen molar-refractivity contribution in [2.24, 2.45) is 0 Å². The highest BCUT2D eigenvalue weighted by Gasteiger charge is 2.17. The van der Waals surface area contributed by atoms with E-state index in [0.29, 0.717) is 12.1 Å². The van der Waals surface area contributed by atoms with Crippen LogP contribution in [0.5, 0.6) is 0 Å². The first kappa shape index (κ1) is 13.7. The largest absolute Gasteiger partial charge is 0.478 e. The van der Waals surface area contributed by atoms with Gasteiger partial charge in [-0.15, -0.1) is 0 Å². The summed E-state index contributed by atoms with van der Waals surface area (Å²) in [6.45, 7) is 0. The van der Waals surface area contributed by atoms with Gasteiger partial charge in [0.2, 0.25) is 0 Å². The molecular formula is C14H9F2NO3. The van der Waals surface area contributed by atoms with E-state index in [1.807, 2.05) is 0 Å². The van der Waals surface area contributed by atoms with Crippen LogP contribution in [0.25, 0.3) is 0 Å². The van der Waals surface area contributed by atoms with E-state index >= 15 is 0 Å². The first-order valence-electron chi connectivity index (χ1n) is 5.58. The lowest BCUT2D eigenvalue weighted by atomic mass is 10.1. The Hall–Kier alpha value is -2.76. The van der Waals surface area contributed by atoms with Crippen molar-refractivity contribution in [1.82, 2.24) is 0 Å². The van der Waals surface area contributed by atoms with E-state index in [1.165, 1.54) is 12.1 Å². The molecule has 0 aliphatic heterocycles. The predicted octanol–water partition coefficient (Wildman–Crippen LogP) is 2.92. The van der Waals surface area contributed by atoms with Gasteiger partial charge in [-0.1, -0.05) is 18.2 Å². The lowest BCUT2D eigenvalue weighted by Crippen LogP contribution is -2.15. The molecule has 2 aromatic rings. The summed E-state index contributed by atoms with van der Waals surface area (Å²) in [5.41, 5.74) is -0.549. The standard InChI is InChI=1S/C14H9F2NO3/c15-10-6-9(14(19)20)12(7-11(10)16)17-13(18)8-4-2-1-3-5-8/h1-7H,(H,17,18)(H,19,20). The van der Waals surface area contributed by atoms with Crippen molar-refractivity contribution in [3.63, 3.8) is 0 Å². The number of aromatic carboxylic acids is 1. The number of benzene rings is 2. The Morgan fingerprint density at radius 2 is 1.60 bits per heavy atom. The minimum atomic E-state index is -1.47. The highest BCUT2D eigenvalue weighted by Crippen LogP contribution is 2.21. The Labute approximate surface area is 112 Å². The van der Waals surface area contributed by atoms with Crippen molar-refractivity contribution >= 4 is 17.6 Å². The van der Waals surface area contributed by atoms with E-state index in [2.05, 4.69) is 5.32 Å². The Morgan fingerprint density at radius 3 is 2.20 bits per heavy atom. The van der Waals surface area contributed by atoms with E-state index in [4.69, 9.17) is 5.11 Å². The molecule has 0 aliphatic carbocycles. The number of hydrogen-bond donors (Lipinski definition) is 2. The Morgan fingerprint density at radius 1 is 1.00 bits per heavy atom. The van der Waals surface area contributed by atoms with Crippen LogP contribution in [0.3, 0.4) is 0 Å². The van der Waals surface area contributed by atoms with Gasteiger partial charge in [0, 0.05) is 11.6 Å². The van der Waals surface area contributed by atoms with Gasteiger partial charge in [0.25, 0.3) is 5.91 Å². The molecule has 0 radical (unpaired) electrons. The summed E-state index contributed by atoms with van der Waals surface area (Å²) < 4.78 is 26.2. The zero-order valence-electron chi connectivity index (χ0n) is 10.1. The summed E-state index contributed by atoms with van der Waals surface area (Å²) in [6.07, 6.45) is 0. The number of carbonyl (C=O) groups is 2. The molecule has 2 rings (SSSR count). The number of nitrogens with one attached hydrogen (secondary N) is 1. The first-order valence-corrected chi connectivity index (χ1v) is 5.58. The third kappa shape index (κ3) is 2.80. The molecule has 0 bridgehead atoms. The van der Waals surface area contributed by atoms with Gasteiger partial charge in [0.1, 0.15) is 0 Å². The summed E-state index contributed by atoms with van der Waals surface area (Å²) in [6, 6.07) is 9.14. The third-order valence-electron chi connectivity index (χ3n) is 2.58. The molecule has 102 valence electrons. The summed E-state index contributed by atoms with van der Waals surface area (Å²) in [5, 5.41) is 11.2. The second kappa shape index (κ2) is 5.48. The summed E-state index contributed by atoms with van der Waals surface area (Å²) in [4.78, 5) is 22.8. The van der Waals surface area contributed by atoms with Crippen molar-refractivity contribution in [2.75, 3.05) is 5.32 Å². The highest BCUT2D eigenvalue weighted by molar-refractivity contribution is 6.07. The van der Waals surface area contributed by atoms with Gasteiger partial charge in [-0.3, -0.25) is 4.79 Å². The van der Waals surface area contributed by atoms with Crippen molar-refractivity contribution in [3.05, 3.63) is 65.2 Å². The van der Waals surface area contributed by atoms with E-state index in [-0.39, 0.29) is 11.3 Å². The van der Waals surface area contributed by atoms with Crippen LogP contribution < -0.4 is 5.32 Å². The number of carboxylic acid groups (broad SMARTS) is 1. The molecule has 0 unspecified atom stereocenters. The van der Waals surface area contributed by atoms with Crippen LogP contribution in [-0.4, -0.2) is 17.0 Å². The van der Waals surface area contributed by atoms with E-state index in [9.17, 15) is 18.4 Å². The molecule has 2 N–H and O–H groups in total. The molecular weight excluding hydrogens is 268 g/mol. The van der Waals surface area contributed by atoms with Gasteiger partial charge in [-0.05, 0) is 18.2 Å². The lowest BCUT2D eigenvalue weighted by Gasteiger charge is -2.09. The number of amides is 1. The first-order chi connectivity index (χ1) is 9.49. The average Bonchev–Trinajstić information content (AvgIpc) is 2.43. The van der Waals surface area contributed by atoms with Crippen LogP contribution in [-0.2, 0) is 0 Å². The quantitative estimate of drug-likeness (QED) is 0.906. The smallest absolute Gasteiger partial charge is 0.337 e. The molecule has 20 heavy (non-hydrogen) atoms. The third-order valence-corrected chi connectivity index (χ3v) is 2.58. The molecule has 2 aromatic carbocycles. The fourth-order valence-corrected chi connectivity index (χ4v) is 1.61. The molecule has 0 aromatic heterocycles. The molecule has 0 spiro atoms. The SMILES string of the molecule is O=C(Nc1cc(F)c(F)cc1C(=O)O)c1ccccc1. The molecule has 0 aliphatic rings. The van der Waals surface area contributed by atoms with Crippen LogP contribution in [0, 0.1) is 11.6 Å². The van der Waals surface area contributed by atoms with Crippen LogP contribution in [0.15, 0.2) is 42.5 Å². The minimum Gasteiger partial charge on any atom is -0.478 e. The van der Waals surface area contributed by atoms with Crippen LogP contribution in [0.1, 0.15) is 20.7 Å². The Bertz CT molecular complexity index is 672. The van der Waals surface area contributed by atoms with Gasteiger partial charge in [0.15, 0.2) is 11.6 Å². The number of anilines is 1. The van der Waals surface area contributed by atoms with Crippen molar-refractivity contribution in [2.45, 2.75) is 0 Å². The molecule has 0 heterocycles. The van der Waals surface area contributed by atoms with Gasteiger partial charge in [-0.2, -0.15) is 0 Å². The Balaban J connectivity index is 2.36. The van der Waals surface area contributed by atoms with Crippen LogP contribution in [0.4, 0.5) is 14.5 Å². The van der Waals surface area contributed by atoms with Gasteiger partial charge in [0.05, 0.1) is 11.3 Å². The predicted molar refractivity (Wildman–Crippen MR) is 67.7 cm³/mol. The molecule has 0 fully saturated rings. The number of halogens is 2. The molecule has 0 saturated heterocycles. The number of carboxylic acids is 1. The lowest BCUT2D eigenvalue weighted by molar-refractivity contribution is 0.0697. The molecule has 1 amide bonds. The zero-order valence-corrected chi connectivity index (χ0v) is 10.1. The van der Waals surface area contributed by atoms with Gasteiger partial charge < -0.3 is 10.4 Å². The summed E-state index contributed by atoms with van der Waals surface area (Å²) >= 11 is 0. The molecule has 6 heteroatoms. The van der Waals surface area contributed by atoms with Crippen molar-refractivity contribution in [1.29, 1.82) is 0 Å². The minimum absolute atomic E-state index is 0.272. The van der Waals surface area contributed by atoms with Gasteiger partial charge in [-0.25, -0.2) is 13.6 Å². The maximum absolute atomic E-state index is 13.2. The van der Waals surface area contributed by atoms with E-state index in [0.717, 1.165) is 0 Å². The maximum atomic E-state index is 13.2. The molecule has 0 saturated carbocycles. The number of rotatable bonds is 3. The topological polar surface area (TPSA) is 66.4 Å². The number of hydrogen-bond acceptors (Lipinski definition) is 2. The fourth-order valence-electron chi connectivity index (χ4n) is 1.61. The van der Waals surface area contributed by atoms with E-state index < -0.39 is 29.1 Å². The second-order valence-electron chi connectivity index (χ2n) is 3.94. The number of carbonyl (C=O) groups excluding carboxylic acids is 1. The monoisotopic (exact) mass is 277 g/mol. The van der Waals surface area contributed by atoms with E-state index in [1.54, 1.807) is 18.2 Å². The zero-order chi connectivity index (χ0) is 14.7. The van der Waals surface area contributed by atoms with Crippen LogP contribution >= 0.6 is 0 Å². The molecule has 0 atom stereocenters. The fraction of sp³-hybridized carbons (Fsp3) is 0. The average molecular weight is 277 g/mol.